The molecule has 1 aliphatic carbocycles. The largest absolute Gasteiger partial charge is 0.377 e. The molecule has 1 saturated heterocycles. The molecule has 1 N–H and O–H groups in total. The summed E-state index contributed by atoms with van der Waals surface area (Å²) in [7, 11) is 0. The van der Waals surface area contributed by atoms with Crippen LogP contribution in [0.5, 0.6) is 0 Å². The third kappa shape index (κ3) is 2.17. The van der Waals surface area contributed by atoms with Gasteiger partial charge in [0.15, 0.2) is 0 Å². The van der Waals surface area contributed by atoms with E-state index in [1.807, 2.05) is 0 Å². The molecule has 1 atom stereocenters. The average molecular weight is 204 g/mol. The summed E-state index contributed by atoms with van der Waals surface area (Å²) < 4.78 is 5.56. The maximum Gasteiger partial charge on any atom is 0.0700 e. The van der Waals surface area contributed by atoms with Crippen molar-refractivity contribution in [1.82, 2.24) is 5.32 Å². The van der Waals surface area contributed by atoms with Gasteiger partial charge in [0, 0.05) is 24.6 Å². The molecule has 0 spiro atoms. The fraction of sp³-hybridized carbons (Fsp3) is 1.00. The summed E-state index contributed by atoms with van der Waals surface area (Å²) in [5.41, 5.74) is 0.257. The Bertz CT molecular complexity index is 159. The summed E-state index contributed by atoms with van der Waals surface area (Å²) in [6.45, 7) is 1.94. The fourth-order valence-electron chi connectivity index (χ4n) is 2.10. The molecule has 1 heterocycles. The zero-order chi connectivity index (χ0) is 9.15. The number of ether oxygens (including phenoxy) is 1. The van der Waals surface area contributed by atoms with E-state index in [2.05, 4.69) is 5.32 Å². The van der Waals surface area contributed by atoms with Gasteiger partial charge in [-0.2, -0.15) is 0 Å². The van der Waals surface area contributed by atoms with Crippen LogP contribution in [0.1, 0.15) is 32.1 Å². The minimum absolute atomic E-state index is 0.257. The maximum atomic E-state index is 5.94. The monoisotopic (exact) mass is 203 g/mol. The molecule has 0 radical (unpaired) electrons. The molecule has 1 unspecified atom stereocenters. The van der Waals surface area contributed by atoms with Gasteiger partial charge in [-0.05, 0) is 32.1 Å². The van der Waals surface area contributed by atoms with Gasteiger partial charge in [0.1, 0.15) is 0 Å². The zero-order valence-corrected chi connectivity index (χ0v) is 8.78. The third-order valence-electron chi connectivity index (χ3n) is 3.30. The quantitative estimate of drug-likeness (QED) is 0.705. The Labute approximate surface area is 85.0 Å². The van der Waals surface area contributed by atoms with Crippen LogP contribution in [0.2, 0.25) is 0 Å². The number of alkyl halides is 1. The molecule has 0 aromatic carbocycles. The molecule has 0 amide bonds. The minimum Gasteiger partial charge on any atom is -0.377 e. The van der Waals surface area contributed by atoms with E-state index in [1.54, 1.807) is 0 Å². The minimum atomic E-state index is 0.257. The SMILES string of the molecule is ClCC1(NCC2CCCO2)CCC1. The van der Waals surface area contributed by atoms with E-state index < -0.39 is 0 Å². The van der Waals surface area contributed by atoms with Crippen molar-refractivity contribution in [3.05, 3.63) is 0 Å². The van der Waals surface area contributed by atoms with Crippen molar-refractivity contribution < 1.29 is 4.74 Å². The molecule has 2 nitrogen and oxygen atoms in total. The summed E-state index contributed by atoms with van der Waals surface area (Å²) in [5, 5.41) is 3.57. The van der Waals surface area contributed by atoms with Crippen LogP contribution in [0.4, 0.5) is 0 Å². The molecule has 1 aliphatic heterocycles. The molecule has 2 rings (SSSR count). The van der Waals surface area contributed by atoms with Crippen molar-refractivity contribution in [2.75, 3.05) is 19.0 Å². The van der Waals surface area contributed by atoms with Gasteiger partial charge in [-0.25, -0.2) is 0 Å². The molecule has 3 heteroatoms. The molecule has 0 aromatic rings. The lowest BCUT2D eigenvalue weighted by atomic mass is 9.78. The Morgan fingerprint density at radius 3 is 2.69 bits per heavy atom. The lowest BCUT2D eigenvalue weighted by Crippen LogP contribution is -2.54. The summed E-state index contributed by atoms with van der Waals surface area (Å²) in [5.74, 6) is 0.750. The molecule has 1 saturated carbocycles. The van der Waals surface area contributed by atoms with E-state index in [0.717, 1.165) is 19.0 Å². The Morgan fingerprint density at radius 1 is 1.38 bits per heavy atom. The number of hydrogen-bond acceptors (Lipinski definition) is 2. The van der Waals surface area contributed by atoms with Gasteiger partial charge < -0.3 is 10.1 Å². The molecule has 2 fully saturated rings. The van der Waals surface area contributed by atoms with Gasteiger partial charge in [0.05, 0.1) is 6.10 Å². The average Bonchev–Trinajstić information content (AvgIpc) is 2.56. The molecular formula is C10H18ClNO. The van der Waals surface area contributed by atoms with Gasteiger partial charge in [0.25, 0.3) is 0 Å². The van der Waals surface area contributed by atoms with E-state index in [1.165, 1.54) is 32.1 Å². The van der Waals surface area contributed by atoms with Gasteiger partial charge in [0.2, 0.25) is 0 Å². The number of hydrogen-bond donors (Lipinski definition) is 1. The van der Waals surface area contributed by atoms with Crippen molar-refractivity contribution in [2.24, 2.45) is 0 Å². The smallest absolute Gasteiger partial charge is 0.0700 e. The summed E-state index contributed by atoms with van der Waals surface area (Å²) in [6, 6.07) is 0. The number of halogens is 1. The molecule has 2 aliphatic rings. The van der Waals surface area contributed by atoms with Crippen LogP contribution < -0.4 is 5.32 Å². The van der Waals surface area contributed by atoms with Crippen LogP contribution in [0.25, 0.3) is 0 Å². The van der Waals surface area contributed by atoms with Crippen LogP contribution in [0.3, 0.4) is 0 Å². The van der Waals surface area contributed by atoms with Gasteiger partial charge >= 0.3 is 0 Å². The van der Waals surface area contributed by atoms with Crippen molar-refractivity contribution >= 4 is 11.6 Å². The lowest BCUT2D eigenvalue weighted by Gasteiger charge is -2.41. The highest BCUT2D eigenvalue weighted by Crippen LogP contribution is 2.33. The second-order valence-corrected chi connectivity index (χ2v) is 4.55. The highest BCUT2D eigenvalue weighted by atomic mass is 35.5. The Hall–Kier alpha value is 0.210. The number of nitrogens with one attached hydrogen (secondary N) is 1. The second kappa shape index (κ2) is 4.16. The van der Waals surface area contributed by atoms with Crippen molar-refractivity contribution in [3.8, 4) is 0 Å². The molecule has 0 aromatic heterocycles. The third-order valence-corrected chi connectivity index (χ3v) is 3.81. The Morgan fingerprint density at radius 2 is 2.23 bits per heavy atom. The van der Waals surface area contributed by atoms with Crippen molar-refractivity contribution in [3.63, 3.8) is 0 Å². The van der Waals surface area contributed by atoms with Crippen molar-refractivity contribution in [2.45, 2.75) is 43.7 Å². The second-order valence-electron chi connectivity index (χ2n) is 4.28. The predicted octanol–water partition coefficient (Wildman–Crippen LogP) is 1.92. The first-order valence-corrected chi connectivity index (χ1v) is 5.81. The molecule has 0 bridgehead atoms. The fourth-order valence-corrected chi connectivity index (χ4v) is 2.46. The maximum absolute atomic E-state index is 5.94. The predicted molar refractivity (Wildman–Crippen MR) is 54.3 cm³/mol. The van der Waals surface area contributed by atoms with Crippen LogP contribution >= 0.6 is 11.6 Å². The summed E-state index contributed by atoms with van der Waals surface area (Å²) in [6.07, 6.45) is 6.68. The normalized spacial score (nSPS) is 31.6. The van der Waals surface area contributed by atoms with Crippen LogP contribution in [-0.4, -0.2) is 30.7 Å². The van der Waals surface area contributed by atoms with Crippen LogP contribution in [-0.2, 0) is 4.74 Å². The van der Waals surface area contributed by atoms with E-state index in [-0.39, 0.29) is 5.54 Å². The van der Waals surface area contributed by atoms with Crippen molar-refractivity contribution in [1.29, 1.82) is 0 Å². The van der Waals surface area contributed by atoms with Crippen LogP contribution in [0, 0.1) is 0 Å². The van der Waals surface area contributed by atoms with Gasteiger partial charge in [-0.3, -0.25) is 0 Å². The summed E-state index contributed by atoms with van der Waals surface area (Å²) >= 11 is 5.94. The van der Waals surface area contributed by atoms with E-state index in [9.17, 15) is 0 Å². The van der Waals surface area contributed by atoms with Crippen LogP contribution in [0.15, 0.2) is 0 Å². The molecule has 76 valence electrons. The van der Waals surface area contributed by atoms with E-state index in [0.29, 0.717) is 6.10 Å². The standard InChI is InChI=1S/C10H18ClNO/c11-8-10(4-2-5-10)12-7-9-3-1-6-13-9/h9,12H,1-8H2. The molecular weight excluding hydrogens is 186 g/mol. The Kier molecular flexibility index (Phi) is 3.12. The van der Waals surface area contributed by atoms with Gasteiger partial charge in [-0.15, -0.1) is 11.6 Å². The first kappa shape index (κ1) is 9.75. The first-order valence-electron chi connectivity index (χ1n) is 5.27. The topological polar surface area (TPSA) is 21.3 Å². The number of rotatable bonds is 4. The highest BCUT2D eigenvalue weighted by Gasteiger charge is 2.36. The first-order chi connectivity index (χ1) is 6.35. The van der Waals surface area contributed by atoms with Gasteiger partial charge in [-0.1, -0.05) is 0 Å². The summed E-state index contributed by atoms with van der Waals surface area (Å²) in [4.78, 5) is 0. The molecule has 13 heavy (non-hydrogen) atoms. The lowest BCUT2D eigenvalue weighted by molar-refractivity contribution is 0.0915. The highest BCUT2D eigenvalue weighted by molar-refractivity contribution is 6.18. The van der Waals surface area contributed by atoms with E-state index in [4.69, 9.17) is 16.3 Å². The van der Waals surface area contributed by atoms with E-state index >= 15 is 0 Å². The Balaban J connectivity index is 1.71. The zero-order valence-electron chi connectivity index (χ0n) is 8.02.